The second-order valence-corrected chi connectivity index (χ2v) is 6.91. The molecule has 98 valence electrons. The molecule has 1 saturated heterocycles. The fourth-order valence-corrected chi connectivity index (χ4v) is 3.66. The number of thiazole rings is 1. The minimum Gasteiger partial charge on any atom is -0.317 e. The second-order valence-electron chi connectivity index (χ2n) is 6.07. The molecule has 0 amide bonds. The second kappa shape index (κ2) is 4.31. The molecule has 1 aliphatic rings. The molecule has 18 heavy (non-hydrogen) atoms. The van der Waals surface area contributed by atoms with E-state index in [1.807, 2.05) is 0 Å². The van der Waals surface area contributed by atoms with E-state index in [4.69, 9.17) is 0 Å². The van der Waals surface area contributed by atoms with Crippen LogP contribution in [0.3, 0.4) is 0 Å². The van der Waals surface area contributed by atoms with Crippen molar-refractivity contribution in [1.29, 1.82) is 0 Å². The maximum absolute atomic E-state index is 4.45. The van der Waals surface area contributed by atoms with Crippen LogP contribution >= 0.6 is 11.3 Å². The zero-order chi connectivity index (χ0) is 12.8. The van der Waals surface area contributed by atoms with Crippen LogP contribution in [0.25, 0.3) is 4.96 Å². The molecule has 2 aromatic heterocycles. The number of hydrogen-bond acceptors (Lipinski definition) is 4. The predicted octanol–water partition coefficient (Wildman–Crippen LogP) is 2.56. The zero-order valence-corrected chi connectivity index (χ0v) is 12.0. The first-order chi connectivity index (χ1) is 8.57. The molecule has 0 bridgehead atoms. The Hall–Kier alpha value is -0.940. The van der Waals surface area contributed by atoms with Crippen molar-refractivity contribution in [2.75, 3.05) is 13.1 Å². The van der Waals surface area contributed by atoms with Gasteiger partial charge in [-0.1, -0.05) is 20.8 Å². The molecule has 1 N–H and O–H groups in total. The van der Waals surface area contributed by atoms with E-state index < -0.39 is 0 Å². The average molecular weight is 264 g/mol. The number of nitrogens with zero attached hydrogens (tertiary/aromatic N) is 3. The summed E-state index contributed by atoms with van der Waals surface area (Å²) in [5.74, 6) is 1.72. The molecule has 5 heteroatoms. The van der Waals surface area contributed by atoms with Gasteiger partial charge in [0, 0.05) is 22.4 Å². The Labute approximate surface area is 111 Å². The summed E-state index contributed by atoms with van der Waals surface area (Å²) in [5.41, 5.74) is 1.48. The molecule has 0 aliphatic carbocycles. The third-order valence-electron chi connectivity index (χ3n) is 3.65. The van der Waals surface area contributed by atoms with E-state index in [-0.39, 0.29) is 5.41 Å². The van der Waals surface area contributed by atoms with Gasteiger partial charge in [0.25, 0.3) is 0 Å². The van der Waals surface area contributed by atoms with Gasteiger partial charge in [0.2, 0.25) is 4.96 Å². The molecule has 0 radical (unpaired) electrons. The molecular formula is C13H20N4S. The monoisotopic (exact) mass is 264 g/mol. The number of nitrogens with one attached hydrogen (secondary N) is 1. The van der Waals surface area contributed by atoms with E-state index in [0.717, 1.165) is 23.9 Å². The van der Waals surface area contributed by atoms with Crippen LogP contribution in [0.15, 0.2) is 5.38 Å². The first-order valence-corrected chi connectivity index (χ1v) is 7.49. The topological polar surface area (TPSA) is 42.2 Å². The summed E-state index contributed by atoms with van der Waals surface area (Å²) in [6, 6.07) is 0. The first kappa shape index (κ1) is 12.1. The summed E-state index contributed by atoms with van der Waals surface area (Å²) in [7, 11) is 0. The van der Waals surface area contributed by atoms with Crippen LogP contribution in [0.1, 0.15) is 51.0 Å². The highest BCUT2D eigenvalue weighted by atomic mass is 32.1. The van der Waals surface area contributed by atoms with Gasteiger partial charge in [-0.05, 0) is 25.9 Å². The predicted molar refractivity (Wildman–Crippen MR) is 74.4 cm³/mol. The van der Waals surface area contributed by atoms with Gasteiger partial charge in [0.15, 0.2) is 0 Å². The van der Waals surface area contributed by atoms with Crippen molar-refractivity contribution in [3.05, 3.63) is 16.9 Å². The molecule has 3 heterocycles. The van der Waals surface area contributed by atoms with Crippen molar-refractivity contribution in [2.24, 2.45) is 0 Å². The lowest BCUT2D eigenvalue weighted by molar-refractivity contribution is 0.438. The molecule has 2 aromatic rings. The Morgan fingerprint density at radius 1 is 1.28 bits per heavy atom. The number of fused-ring (bicyclic) bond motifs is 1. The molecule has 0 aromatic carbocycles. The third kappa shape index (κ3) is 1.95. The number of piperidine rings is 1. The van der Waals surface area contributed by atoms with Crippen molar-refractivity contribution >= 4 is 16.3 Å². The minimum absolute atomic E-state index is 0.141. The van der Waals surface area contributed by atoms with Gasteiger partial charge in [-0.25, -0.2) is 0 Å². The minimum atomic E-state index is 0.141. The fraction of sp³-hybridized carbons (Fsp3) is 0.692. The van der Waals surface area contributed by atoms with Crippen molar-refractivity contribution in [3.63, 3.8) is 0 Å². The van der Waals surface area contributed by atoms with Crippen LogP contribution in [-0.2, 0) is 5.41 Å². The zero-order valence-electron chi connectivity index (χ0n) is 11.2. The van der Waals surface area contributed by atoms with Gasteiger partial charge in [-0.15, -0.1) is 21.5 Å². The summed E-state index contributed by atoms with van der Waals surface area (Å²) < 4.78 is 2.29. The SMILES string of the molecule is CC(C)(C)c1csc2nnc(C3CCNCC3)n12. The summed E-state index contributed by atoms with van der Waals surface area (Å²) in [6.07, 6.45) is 2.33. The number of aromatic nitrogens is 3. The van der Waals surface area contributed by atoms with Crippen LogP contribution in [0, 0.1) is 0 Å². The Morgan fingerprint density at radius 2 is 2.00 bits per heavy atom. The lowest BCUT2D eigenvalue weighted by Gasteiger charge is -2.23. The molecular weight excluding hydrogens is 244 g/mol. The summed E-state index contributed by atoms with van der Waals surface area (Å²) in [4.78, 5) is 1.04. The van der Waals surface area contributed by atoms with Crippen LogP contribution < -0.4 is 5.32 Å². The quantitative estimate of drug-likeness (QED) is 0.860. The summed E-state index contributed by atoms with van der Waals surface area (Å²) in [5, 5.41) is 14.4. The molecule has 1 aliphatic heterocycles. The molecule has 3 rings (SSSR count). The van der Waals surface area contributed by atoms with E-state index in [1.54, 1.807) is 11.3 Å². The van der Waals surface area contributed by atoms with Gasteiger partial charge in [0.1, 0.15) is 5.82 Å². The lowest BCUT2D eigenvalue weighted by Crippen LogP contribution is -2.28. The highest BCUT2D eigenvalue weighted by molar-refractivity contribution is 7.15. The van der Waals surface area contributed by atoms with E-state index in [2.05, 4.69) is 46.1 Å². The van der Waals surface area contributed by atoms with Crippen LogP contribution in [0.4, 0.5) is 0 Å². The Bertz CT molecular complexity index is 543. The van der Waals surface area contributed by atoms with Gasteiger partial charge in [0.05, 0.1) is 0 Å². The summed E-state index contributed by atoms with van der Waals surface area (Å²) in [6.45, 7) is 8.94. The van der Waals surface area contributed by atoms with Crippen molar-refractivity contribution in [3.8, 4) is 0 Å². The average Bonchev–Trinajstić information content (AvgIpc) is 2.88. The Balaban J connectivity index is 2.09. The normalized spacial score (nSPS) is 18.6. The van der Waals surface area contributed by atoms with Crippen molar-refractivity contribution in [1.82, 2.24) is 19.9 Å². The van der Waals surface area contributed by atoms with E-state index in [0.29, 0.717) is 5.92 Å². The van der Waals surface area contributed by atoms with Gasteiger partial charge >= 0.3 is 0 Å². The lowest BCUT2D eigenvalue weighted by atomic mass is 9.92. The van der Waals surface area contributed by atoms with E-state index in [1.165, 1.54) is 18.5 Å². The highest BCUT2D eigenvalue weighted by Gasteiger charge is 2.26. The largest absolute Gasteiger partial charge is 0.317 e. The number of rotatable bonds is 1. The first-order valence-electron chi connectivity index (χ1n) is 6.61. The van der Waals surface area contributed by atoms with Gasteiger partial charge in [-0.2, -0.15) is 0 Å². The molecule has 0 atom stereocenters. The van der Waals surface area contributed by atoms with Crippen molar-refractivity contribution < 1.29 is 0 Å². The van der Waals surface area contributed by atoms with Crippen LogP contribution in [0.2, 0.25) is 0 Å². The molecule has 1 fully saturated rings. The fourth-order valence-electron chi connectivity index (χ4n) is 2.60. The van der Waals surface area contributed by atoms with Crippen LogP contribution in [-0.4, -0.2) is 27.7 Å². The van der Waals surface area contributed by atoms with Gasteiger partial charge < -0.3 is 5.32 Å². The van der Waals surface area contributed by atoms with E-state index in [9.17, 15) is 0 Å². The Morgan fingerprint density at radius 3 is 2.67 bits per heavy atom. The third-order valence-corrected chi connectivity index (χ3v) is 4.46. The molecule has 0 unspecified atom stereocenters. The standard InChI is InChI=1S/C13H20N4S/c1-13(2,3)10-8-18-12-16-15-11(17(10)12)9-4-6-14-7-5-9/h8-9,14H,4-7H2,1-3H3. The smallest absolute Gasteiger partial charge is 0.216 e. The van der Waals surface area contributed by atoms with Crippen molar-refractivity contribution in [2.45, 2.75) is 44.9 Å². The molecule has 4 nitrogen and oxygen atoms in total. The van der Waals surface area contributed by atoms with Crippen LogP contribution in [0.5, 0.6) is 0 Å². The van der Waals surface area contributed by atoms with Gasteiger partial charge in [-0.3, -0.25) is 4.40 Å². The summed E-state index contributed by atoms with van der Waals surface area (Å²) >= 11 is 1.70. The maximum atomic E-state index is 4.45. The molecule has 0 spiro atoms. The highest BCUT2D eigenvalue weighted by Crippen LogP contribution is 2.32. The molecule has 0 saturated carbocycles. The maximum Gasteiger partial charge on any atom is 0.216 e. The Kier molecular flexibility index (Phi) is 2.90. The number of hydrogen-bond donors (Lipinski definition) is 1. The van der Waals surface area contributed by atoms with E-state index >= 15 is 0 Å².